The molecule has 0 unspecified atom stereocenters. The lowest BCUT2D eigenvalue weighted by atomic mass is 10.1. The normalized spacial score (nSPS) is 12.5. The summed E-state index contributed by atoms with van der Waals surface area (Å²) in [6.07, 6.45) is 6.10. The lowest BCUT2D eigenvalue weighted by Crippen LogP contribution is -2.31. The van der Waals surface area contributed by atoms with Gasteiger partial charge in [-0.2, -0.15) is 0 Å². The summed E-state index contributed by atoms with van der Waals surface area (Å²) in [5.41, 5.74) is 9.73. The minimum Gasteiger partial charge on any atom is -0.370 e. The molecular weight excluding hydrogens is 378 g/mol. The molecule has 6 N–H and O–H groups in total. The van der Waals surface area contributed by atoms with Crippen LogP contribution in [0.25, 0.3) is 28.0 Å². The highest BCUT2D eigenvalue weighted by atomic mass is 16.1. The molecule has 0 bridgehead atoms. The number of H-pyrrole nitrogens is 2. The number of aryl methyl sites for hydroxylation is 1. The van der Waals surface area contributed by atoms with Gasteiger partial charge >= 0.3 is 0 Å². The Balaban J connectivity index is 1.82. The van der Waals surface area contributed by atoms with E-state index in [-0.39, 0.29) is 17.4 Å². The molecule has 1 aromatic heterocycles. The third-order valence-electron chi connectivity index (χ3n) is 5.58. The van der Waals surface area contributed by atoms with Crippen molar-refractivity contribution in [1.29, 1.82) is 5.41 Å². The molecule has 0 saturated carbocycles. The maximum atomic E-state index is 13.1. The third kappa shape index (κ3) is 3.56. The van der Waals surface area contributed by atoms with E-state index in [2.05, 4.69) is 28.3 Å². The van der Waals surface area contributed by atoms with Gasteiger partial charge in [-0.3, -0.25) is 14.8 Å². The third-order valence-corrected chi connectivity index (χ3v) is 5.58. The summed E-state index contributed by atoms with van der Waals surface area (Å²) in [5.74, 6) is 0.723. The van der Waals surface area contributed by atoms with Crippen molar-refractivity contribution in [1.82, 2.24) is 24.8 Å². The zero-order valence-corrected chi connectivity index (χ0v) is 17.2. The molecule has 156 valence electrons. The number of benzene rings is 1. The second kappa shape index (κ2) is 8.06. The zero-order chi connectivity index (χ0) is 21.3. The van der Waals surface area contributed by atoms with Gasteiger partial charge in [-0.15, -0.1) is 0 Å². The molecule has 1 atom stereocenters. The number of imidazole rings is 1. The van der Waals surface area contributed by atoms with Crippen LogP contribution in [0.2, 0.25) is 0 Å². The first-order valence-electron chi connectivity index (χ1n) is 10.3. The van der Waals surface area contributed by atoms with Crippen molar-refractivity contribution in [2.45, 2.75) is 39.0 Å². The van der Waals surface area contributed by atoms with Crippen LogP contribution in [0.3, 0.4) is 0 Å². The van der Waals surface area contributed by atoms with Crippen LogP contribution in [0.4, 0.5) is 0 Å². The van der Waals surface area contributed by atoms with Gasteiger partial charge in [0.25, 0.3) is 5.56 Å². The first kappa shape index (κ1) is 19.8. The standard InChI is InChI=1S/C22H27N7O/c1-3-13(2)19-21(30)29-12-18(15-11-26-16-8-5-4-7-14(15)16)27-17(20(29)28-19)9-6-10-25-22(23)24/h4-5,7-8,11-13,26-27H,3,6,9-10H2,1-2H3,(H4,23,24,25)/t13-/m0/s1. The Kier molecular flexibility index (Phi) is 5.31. The Labute approximate surface area is 174 Å². The van der Waals surface area contributed by atoms with Crippen LogP contribution in [-0.2, 0) is 6.42 Å². The Bertz CT molecular complexity index is 1220. The lowest BCUT2D eigenvalue weighted by molar-refractivity contribution is 0.707. The Morgan fingerprint density at radius 2 is 2.17 bits per heavy atom. The van der Waals surface area contributed by atoms with Crippen molar-refractivity contribution in [2.24, 2.45) is 5.73 Å². The van der Waals surface area contributed by atoms with E-state index in [1.807, 2.05) is 37.5 Å². The smallest absolute Gasteiger partial charge is 0.278 e. The summed E-state index contributed by atoms with van der Waals surface area (Å²) in [7, 11) is 0. The summed E-state index contributed by atoms with van der Waals surface area (Å²) >= 11 is 0. The number of nitrogens with one attached hydrogen (secondary N) is 4. The van der Waals surface area contributed by atoms with Gasteiger partial charge in [0.05, 0.1) is 11.4 Å². The van der Waals surface area contributed by atoms with Gasteiger partial charge in [-0.05, 0) is 25.3 Å². The molecule has 2 aliphatic rings. The average molecular weight is 406 g/mol. The van der Waals surface area contributed by atoms with Gasteiger partial charge < -0.3 is 21.0 Å². The van der Waals surface area contributed by atoms with E-state index in [0.717, 1.165) is 40.7 Å². The van der Waals surface area contributed by atoms with E-state index < -0.39 is 0 Å². The van der Waals surface area contributed by atoms with E-state index in [1.54, 1.807) is 4.57 Å². The number of guanidine groups is 1. The van der Waals surface area contributed by atoms with E-state index in [1.165, 1.54) is 0 Å². The summed E-state index contributed by atoms with van der Waals surface area (Å²) in [6.45, 7) is 4.67. The monoisotopic (exact) mass is 405 g/mol. The quantitative estimate of drug-likeness (QED) is 0.184. The number of hydrogen-bond acceptors (Lipinski definition) is 3. The molecule has 4 rings (SSSR count). The number of hydrogen-bond donors (Lipinski definition) is 5. The second-order valence-corrected chi connectivity index (χ2v) is 7.64. The van der Waals surface area contributed by atoms with Crippen molar-refractivity contribution >= 4 is 16.9 Å². The van der Waals surface area contributed by atoms with Gasteiger partial charge in [0.2, 0.25) is 0 Å². The number of fused-ring (bicyclic) bond motifs is 2. The highest BCUT2D eigenvalue weighted by molar-refractivity contribution is 5.94. The molecule has 3 heterocycles. The van der Waals surface area contributed by atoms with Crippen LogP contribution in [0.1, 0.15) is 44.0 Å². The van der Waals surface area contributed by atoms with E-state index in [4.69, 9.17) is 16.1 Å². The Morgan fingerprint density at radius 1 is 1.37 bits per heavy atom. The molecule has 2 aliphatic heterocycles. The largest absolute Gasteiger partial charge is 0.370 e. The predicted molar refractivity (Wildman–Crippen MR) is 120 cm³/mol. The fraction of sp³-hybridized carbons (Fsp3) is 0.318. The molecule has 0 amide bonds. The summed E-state index contributed by atoms with van der Waals surface area (Å²) in [6, 6.07) is 8.09. The summed E-state index contributed by atoms with van der Waals surface area (Å²) in [5, 5.41) is 11.2. The van der Waals surface area contributed by atoms with Gasteiger partial charge in [0.15, 0.2) is 11.8 Å². The van der Waals surface area contributed by atoms with Crippen molar-refractivity contribution in [2.75, 3.05) is 6.54 Å². The highest BCUT2D eigenvalue weighted by Crippen LogP contribution is 2.29. The van der Waals surface area contributed by atoms with Crippen molar-refractivity contribution < 1.29 is 0 Å². The minimum absolute atomic E-state index is 0.0432. The molecular formula is C22H27N7O. The van der Waals surface area contributed by atoms with Gasteiger partial charge in [0.1, 0.15) is 5.69 Å². The van der Waals surface area contributed by atoms with Crippen LogP contribution >= 0.6 is 0 Å². The molecule has 8 nitrogen and oxygen atoms in total. The van der Waals surface area contributed by atoms with Crippen molar-refractivity contribution in [3.05, 3.63) is 58.4 Å². The van der Waals surface area contributed by atoms with Crippen LogP contribution in [-0.4, -0.2) is 32.0 Å². The van der Waals surface area contributed by atoms with Crippen LogP contribution < -0.4 is 16.6 Å². The highest BCUT2D eigenvalue weighted by Gasteiger charge is 2.22. The van der Waals surface area contributed by atoms with Gasteiger partial charge in [-0.25, -0.2) is 4.98 Å². The molecule has 0 spiro atoms. The van der Waals surface area contributed by atoms with E-state index in [0.29, 0.717) is 24.5 Å². The Hall–Kier alpha value is -3.55. The van der Waals surface area contributed by atoms with Crippen molar-refractivity contribution in [3.8, 4) is 17.1 Å². The topological polar surface area (TPSA) is 128 Å². The molecule has 2 aromatic rings. The number of nitrogens with two attached hydrogens (primary N) is 1. The minimum atomic E-state index is -0.0578. The van der Waals surface area contributed by atoms with Crippen LogP contribution in [0.15, 0.2) is 41.5 Å². The van der Waals surface area contributed by atoms with Gasteiger partial charge in [-0.1, -0.05) is 32.0 Å². The molecule has 0 fully saturated rings. The zero-order valence-electron chi connectivity index (χ0n) is 17.2. The number of rotatable bonds is 7. The fourth-order valence-electron chi connectivity index (χ4n) is 3.76. The maximum Gasteiger partial charge on any atom is 0.278 e. The van der Waals surface area contributed by atoms with Gasteiger partial charge in [0, 0.05) is 41.3 Å². The molecule has 0 radical (unpaired) electrons. The second-order valence-electron chi connectivity index (χ2n) is 7.64. The van der Waals surface area contributed by atoms with Crippen molar-refractivity contribution in [3.63, 3.8) is 0 Å². The van der Waals surface area contributed by atoms with Crippen LogP contribution in [0, 0.1) is 5.41 Å². The molecule has 0 aliphatic carbocycles. The first-order chi connectivity index (χ1) is 14.5. The Morgan fingerprint density at radius 3 is 2.93 bits per heavy atom. The predicted octanol–water partition coefficient (Wildman–Crippen LogP) is 3.08. The molecule has 0 saturated heterocycles. The number of aromatic nitrogens is 4. The number of para-hydroxylation sites is 1. The average Bonchev–Trinajstić information content (AvgIpc) is 3.32. The van der Waals surface area contributed by atoms with Crippen LogP contribution in [0.5, 0.6) is 0 Å². The SMILES string of the molecule is CC[C@H](C)c1nc2c(CCCNC(=N)N)[nH]c(-c3c[nH]c4ccccc34)cn-2c1=O. The molecule has 8 heteroatoms. The lowest BCUT2D eigenvalue weighted by Gasteiger charge is -2.13. The summed E-state index contributed by atoms with van der Waals surface area (Å²) < 4.78 is 1.67. The van der Waals surface area contributed by atoms with E-state index in [9.17, 15) is 4.79 Å². The summed E-state index contributed by atoms with van der Waals surface area (Å²) in [4.78, 5) is 24.6. The maximum absolute atomic E-state index is 13.1. The number of aromatic amines is 2. The van der Waals surface area contributed by atoms with E-state index >= 15 is 0 Å². The first-order valence-corrected chi connectivity index (χ1v) is 10.3. The fourth-order valence-corrected chi connectivity index (χ4v) is 3.76. The molecule has 30 heavy (non-hydrogen) atoms. The number of nitrogens with zero attached hydrogens (tertiary/aromatic N) is 2. The molecule has 1 aromatic carbocycles.